The number of nitrogens with zero attached hydrogens (tertiary/aromatic N) is 3. The van der Waals surface area contributed by atoms with E-state index >= 15 is 0 Å². The molecule has 186 valence electrons. The Labute approximate surface area is 221 Å². The average molecular weight is 486 g/mol. The molecule has 0 bridgehead atoms. The van der Waals surface area contributed by atoms with E-state index in [-0.39, 0.29) is 5.92 Å². The smallest absolute Gasteiger partial charge is 0.0487 e. The van der Waals surface area contributed by atoms with E-state index in [4.69, 9.17) is 0 Å². The summed E-state index contributed by atoms with van der Waals surface area (Å²) in [5, 5.41) is 2.53. The minimum Gasteiger partial charge on any atom is -0.378 e. The highest BCUT2D eigenvalue weighted by molar-refractivity contribution is 5.98. The van der Waals surface area contributed by atoms with Crippen LogP contribution in [0.3, 0.4) is 0 Å². The highest BCUT2D eigenvalue weighted by Crippen LogP contribution is 2.41. The van der Waals surface area contributed by atoms with Crippen LogP contribution < -0.4 is 14.7 Å². The third-order valence-corrected chi connectivity index (χ3v) is 7.24. The first-order valence-corrected chi connectivity index (χ1v) is 12.8. The van der Waals surface area contributed by atoms with Gasteiger partial charge in [-0.1, -0.05) is 72.8 Å². The lowest BCUT2D eigenvalue weighted by molar-refractivity contribution is 0.983. The van der Waals surface area contributed by atoms with Crippen molar-refractivity contribution in [2.24, 2.45) is 0 Å². The van der Waals surface area contributed by atoms with Crippen LogP contribution in [0.2, 0.25) is 0 Å². The third kappa shape index (κ3) is 4.90. The summed E-state index contributed by atoms with van der Waals surface area (Å²) < 4.78 is 0. The maximum absolute atomic E-state index is 2.32. The van der Waals surface area contributed by atoms with Gasteiger partial charge in [0.2, 0.25) is 0 Å². The first-order valence-electron chi connectivity index (χ1n) is 12.8. The van der Waals surface area contributed by atoms with Gasteiger partial charge in [-0.25, -0.2) is 0 Å². The van der Waals surface area contributed by atoms with Gasteiger partial charge in [0, 0.05) is 69.3 Å². The number of anilines is 4. The van der Waals surface area contributed by atoms with Gasteiger partial charge in [0.25, 0.3) is 0 Å². The molecule has 0 aliphatic heterocycles. The molecule has 0 aromatic heterocycles. The van der Waals surface area contributed by atoms with Crippen molar-refractivity contribution in [1.82, 2.24) is 0 Å². The zero-order valence-corrected chi connectivity index (χ0v) is 22.4. The van der Waals surface area contributed by atoms with Crippen LogP contribution in [0.5, 0.6) is 0 Å². The normalized spacial score (nSPS) is 11.1. The molecule has 0 aliphatic carbocycles. The van der Waals surface area contributed by atoms with Crippen LogP contribution in [0.4, 0.5) is 22.7 Å². The summed E-state index contributed by atoms with van der Waals surface area (Å²) in [6.07, 6.45) is 0. The molecule has 0 fully saturated rings. The van der Waals surface area contributed by atoms with Crippen molar-refractivity contribution in [3.05, 3.63) is 132 Å². The van der Waals surface area contributed by atoms with Gasteiger partial charge >= 0.3 is 0 Å². The topological polar surface area (TPSA) is 9.72 Å². The quantitative estimate of drug-likeness (QED) is 0.217. The maximum Gasteiger partial charge on any atom is 0.0487 e. The van der Waals surface area contributed by atoms with Gasteiger partial charge in [0.05, 0.1) is 0 Å². The minimum atomic E-state index is 0.119. The van der Waals surface area contributed by atoms with Crippen LogP contribution in [0.25, 0.3) is 10.8 Å². The molecule has 0 saturated carbocycles. The van der Waals surface area contributed by atoms with Crippen molar-refractivity contribution in [3.63, 3.8) is 0 Å². The largest absolute Gasteiger partial charge is 0.378 e. The second-order valence-corrected chi connectivity index (χ2v) is 10.0. The lowest BCUT2D eigenvalue weighted by atomic mass is 9.82. The van der Waals surface area contributed by atoms with Gasteiger partial charge in [-0.05, 0) is 64.5 Å². The van der Waals surface area contributed by atoms with Gasteiger partial charge in [0.1, 0.15) is 0 Å². The standard InChI is InChI=1S/C34H35N3/c1-35(2)27-19-15-25(16-20-27)34(26-17-21-28(22-18-26)36(3)4)32-23-24-33(31-14-10-9-13-30(31)32)37(5)29-11-7-6-8-12-29/h6-24,34H,1-5H3. The number of hydrogen-bond acceptors (Lipinski definition) is 3. The molecule has 0 heterocycles. The molecule has 0 atom stereocenters. The minimum absolute atomic E-state index is 0.119. The molecule has 0 N–H and O–H groups in total. The van der Waals surface area contributed by atoms with Crippen LogP contribution in [-0.2, 0) is 0 Å². The Morgan fingerprint density at radius 3 is 1.43 bits per heavy atom. The Kier molecular flexibility index (Phi) is 6.87. The van der Waals surface area contributed by atoms with Crippen molar-refractivity contribution >= 4 is 33.5 Å². The van der Waals surface area contributed by atoms with E-state index in [1.165, 1.54) is 50.2 Å². The Balaban J connectivity index is 1.68. The van der Waals surface area contributed by atoms with Gasteiger partial charge in [-0.2, -0.15) is 0 Å². The van der Waals surface area contributed by atoms with E-state index in [0.717, 1.165) is 0 Å². The fourth-order valence-corrected chi connectivity index (χ4v) is 5.12. The Morgan fingerprint density at radius 1 is 0.432 bits per heavy atom. The van der Waals surface area contributed by atoms with Gasteiger partial charge in [0.15, 0.2) is 0 Å². The van der Waals surface area contributed by atoms with Crippen molar-refractivity contribution in [1.29, 1.82) is 0 Å². The summed E-state index contributed by atoms with van der Waals surface area (Å²) >= 11 is 0. The van der Waals surface area contributed by atoms with E-state index in [1.54, 1.807) is 0 Å². The molecule has 3 heteroatoms. The molecule has 0 unspecified atom stereocenters. The highest BCUT2D eigenvalue weighted by atomic mass is 15.1. The fraction of sp³-hybridized carbons (Fsp3) is 0.176. The summed E-state index contributed by atoms with van der Waals surface area (Å²) in [5.41, 5.74) is 8.68. The fourth-order valence-electron chi connectivity index (χ4n) is 5.12. The third-order valence-electron chi connectivity index (χ3n) is 7.24. The molecule has 0 aliphatic rings. The number of benzene rings is 5. The summed E-state index contributed by atoms with van der Waals surface area (Å²) in [6.45, 7) is 0. The van der Waals surface area contributed by atoms with Crippen LogP contribution >= 0.6 is 0 Å². The predicted octanol–water partition coefficient (Wildman–Crippen LogP) is 7.92. The SMILES string of the molecule is CN(C)c1ccc(C(c2ccc(N(C)C)cc2)c2ccc(N(C)c3ccccc3)c3ccccc23)cc1. The molecule has 3 nitrogen and oxygen atoms in total. The second-order valence-electron chi connectivity index (χ2n) is 10.0. The summed E-state index contributed by atoms with van der Waals surface area (Å²) in [4.78, 5) is 6.57. The molecule has 0 saturated heterocycles. The van der Waals surface area contributed by atoms with Crippen LogP contribution in [0.15, 0.2) is 115 Å². The average Bonchev–Trinajstić information content (AvgIpc) is 2.94. The first-order chi connectivity index (χ1) is 17.9. The van der Waals surface area contributed by atoms with E-state index < -0.39 is 0 Å². The Morgan fingerprint density at radius 2 is 0.919 bits per heavy atom. The van der Waals surface area contributed by atoms with Gasteiger partial charge in [-0.3, -0.25) is 0 Å². The van der Waals surface area contributed by atoms with Crippen LogP contribution in [0, 0.1) is 0 Å². The lowest BCUT2D eigenvalue weighted by Gasteiger charge is -2.26. The molecule has 0 spiro atoms. The second kappa shape index (κ2) is 10.4. The molecule has 0 amide bonds. The molecular formula is C34H35N3. The molecule has 5 aromatic carbocycles. The van der Waals surface area contributed by atoms with Crippen molar-refractivity contribution in [2.45, 2.75) is 5.92 Å². The zero-order chi connectivity index (χ0) is 25.9. The summed E-state index contributed by atoms with van der Waals surface area (Å²) in [5.74, 6) is 0.119. The van der Waals surface area contributed by atoms with Crippen molar-refractivity contribution in [2.75, 3.05) is 49.9 Å². The zero-order valence-electron chi connectivity index (χ0n) is 22.4. The maximum atomic E-state index is 2.32. The van der Waals surface area contributed by atoms with Crippen LogP contribution in [0.1, 0.15) is 22.6 Å². The van der Waals surface area contributed by atoms with Crippen molar-refractivity contribution < 1.29 is 0 Å². The number of hydrogen-bond donors (Lipinski definition) is 0. The van der Waals surface area contributed by atoms with E-state index in [9.17, 15) is 0 Å². The highest BCUT2D eigenvalue weighted by Gasteiger charge is 2.21. The molecule has 5 aromatic rings. The molecule has 5 rings (SSSR count). The number of fused-ring (bicyclic) bond motifs is 1. The number of para-hydroxylation sites is 1. The Hall–Kier alpha value is -4.24. The van der Waals surface area contributed by atoms with Crippen LogP contribution in [-0.4, -0.2) is 35.2 Å². The van der Waals surface area contributed by atoms with E-state index in [1.807, 2.05) is 0 Å². The summed E-state index contributed by atoms with van der Waals surface area (Å²) in [7, 11) is 10.5. The van der Waals surface area contributed by atoms with Crippen molar-refractivity contribution in [3.8, 4) is 0 Å². The van der Waals surface area contributed by atoms with E-state index in [0.29, 0.717) is 0 Å². The molecular weight excluding hydrogens is 450 g/mol. The monoisotopic (exact) mass is 485 g/mol. The van der Waals surface area contributed by atoms with Gasteiger partial charge < -0.3 is 14.7 Å². The molecule has 0 radical (unpaired) electrons. The predicted molar refractivity (Wildman–Crippen MR) is 161 cm³/mol. The van der Waals surface area contributed by atoms with Gasteiger partial charge in [-0.15, -0.1) is 0 Å². The summed E-state index contributed by atoms with van der Waals surface area (Å²) in [6, 6.07) is 41.9. The number of rotatable bonds is 7. The molecule has 37 heavy (non-hydrogen) atoms. The first kappa shape index (κ1) is 24.5. The lowest BCUT2D eigenvalue weighted by Crippen LogP contribution is -2.12. The Bertz CT molecular complexity index is 1420. The van der Waals surface area contributed by atoms with E-state index in [2.05, 4.69) is 165 Å².